The topological polar surface area (TPSA) is 185 Å². The van der Waals surface area contributed by atoms with Gasteiger partial charge in [0.05, 0.1) is 24.4 Å². The molecule has 2 aromatic rings. The average Bonchev–Trinajstić information content (AvgIpc) is 3.81. The summed E-state index contributed by atoms with van der Waals surface area (Å²) < 4.78 is 23.3. The zero-order valence-corrected chi connectivity index (χ0v) is 35.4. The largest absolute Gasteiger partial charge is 0.504 e. The van der Waals surface area contributed by atoms with Crippen LogP contribution < -0.4 is 25.6 Å². The maximum Gasteiger partial charge on any atom is 0.416 e. The van der Waals surface area contributed by atoms with Gasteiger partial charge in [-0.05, 0) is 79.4 Å². The van der Waals surface area contributed by atoms with Crippen LogP contribution in [-0.4, -0.2) is 92.8 Å². The van der Waals surface area contributed by atoms with E-state index in [4.69, 9.17) is 18.6 Å². The van der Waals surface area contributed by atoms with Crippen molar-refractivity contribution < 1.29 is 47.7 Å². The first-order valence-electron chi connectivity index (χ1n) is 19.3. The second-order valence-electron chi connectivity index (χ2n) is 17.1. The van der Waals surface area contributed by atoms with Crippen molar-refractivity contribution in [3.05, 3.63) is 60.2 Å². The molecule has 2 heterocycles. The van der Waals surface area contributed by atoms with Crippen LogP contribution in [0.3, 0.4) is 0 Å². The van der Waals surface area contributed by atoms with E-state index >= 15 is 0 Å². The molecule has 3 aliphatic rings. The minimum atomic E-state index is -2.57. The zero-order chi connectivity index (χ0) is 42.0. The van der Waals surface area contributed by atoms with Gasteiger partial charge in [-0.1, -0.05) is 59.4 Å². The van der Waals surface area contributed by atoms with Crippen LogP contribution in [0.2, 0.25) is 18.1 Å². The SMILES string of the molecule is C=CCOC(=O)N[C@@H](C(=O)N[C@@H](C)C(=O)Nc1ccc(COC(=O)N2c3cc(O)c(OC)cc3C(=O)N3CC4(CC4)C[C@H]3C2O[Si](C)(C)C(C)(C)C)cc1)C(C)C. The van der Waals surface area contributed by atoms with Crippen molar-refractivity contribution in [1.82, 2.24) is 15.5 Å². The number of benzene rings is 2. The predicted octanol–water partition coefficient (Wildman–Crippen LogP) is 6.28. The number of nitrogens with zero attached hydrogens (tertiary/aromatic N) is 2. The molecule has 1 saturated heterocycles. The molecule has 16 heteroatoms. The molecule has 2 aromatic carbocycles. The normalized spacial score (nSPS) is 19.4. The number of carbonyl (C=O) groups is 5. The second kappa shape index (κ2) is 16.8. The molecule has 4 N–H and O–H groups in total. The fourth-order valence-electron chi connectivity index (χ4n) is 6.84. The van der Waals surface area contributed by atoms with Crippen LogP contribution in [-0.2, 0) is 30.1 Å². The van der Waals surface area contributed by atoms with Crippen LogP contribution in [0.15, 0.2) is 49.1 Å². The van der Waals surface area contributed by atoms with E-state index in [1.807, 2.05) is 4.90 Å². The van der Waals surface area contributed by atoms with Gasteiger partial charge in [-0.15, -0.1) is 0 Å². The van der Waals surface area contributed by atoms with Gasteiger partial charge in [-0.3, -0.25) is 14.4 Å². The Hall–Kier alpha value is -5.09. The van der Waals surface area contributed by atoms with Crippen molar-refractivity contribution in [2.75, 3.05) is 30.5 Å². The van der Waals surface area contributed by atoms with E-state index in [0.29, 0.717) is 24.2 Å². The van der Waals surface area contributed by atoms with Crippen molar-refractivity contribution in [2.24, 2.45) is 11.3 Å². The lowest BCUT2D eigenvalue weighted by Crippen LogP contribution is -2.58. The summed E-state index contributed by atoms with van der Waals surface area (Å²) in [5, 5.41) is 18.6. The van der Waals surface area contributed by atoms with Crippen LogP contribution >= 0.6 is 0 Å². The Morgan fingerprint density at radius 3 is 2.28 bits per heavy atom. The highest BCUT2D eigenvalue weighted by Gasteiger charge is 2.59. The number of phenolic OH excluding ortho intramolecular Hbond substituents is 1. The molecule has 15 nitrogen and oxygen atoms in total. The Bertz CT molecular complexity index is 1870. The number of nitrogens with one attached hydrogen (secondary N) is 3. The second-order valence-corrected chi connectivity index (χ2v) is 21.9. The summed E-state index contributed by atoms with van der Waals surface area (Å²) in [6.07, 6.45) is 1.66. The monoisotopic (exact) mass is 807 g/mol. The van der Waals surface area contributed by atoms with Crippen molar-refractivity contribution in [3.8, 4) is 11.5 Å². The molecule has 4 atom stereocenters. The van der Waals surface area contributed by atoms with Gasteiger partial charge < -0.3 is 44.6 Å². The summed E-state index contributed by atoms with van der Waals surface area (Å²) >= 11 is 0. The lowest BCUT2D eigenvalue weighted by atomic mass is 10.0. The Kier molecular flexibility index (Phi) is 12.7. The molecule has 2 fully saturated rings. The number of hydrogen-bond acceptors (Lipinski definition) is 10. The molecule has 57 heavy (non-hydrogen) atoms. The first-order valence-corrected chi connectivity index (χ1v) is 22.2. The first-order chi connectivity index (χ1) is 26.7. The number of alkyl carbamates (subject to hydrolysis) is 1. The smallest absolute Gasteiger partial charge is 0.416 e. The molecular formula is C41H57N5O10Si. The minimum Gasteiger partial charge on any atom is -0.504 e. The number of anilines is 2. The summed E-state index contributed by atoms with van der Waals surface area (Å²) in [5.74, 6) is -1.71. The van der Waals surface area contributed by atoms with Crippen LogP contribution in [0.4, 0.5) is 21.0 Å². The van der Waals surface area contributed by atoms with Crippen molar-refractivity contribution in [1.29, 1.82) is 0 Å². The number of fused-ring (bicyclic) bond motifs is 2. The third-order valence-electron chi connectivity index (χ3n) is 11.4. The van der Waals surface area contributed by atoms with Gasteiger partial charge in [-0.25, -0.2) is 14.5 Å². The van der Waals surface area contributed by atoms with Gasteiger partial charge >= 0.3 is 12.2 Å². The highest BCUT2D eigenvalue weighted by atomic mass is 28.4. The third kappa shape index (κ3) is 9.55. The van der Waals surface area contributed by atoms with Crippen LogP contribution in [0.25, 0.3) is 0 Å². The maximum absolute atomic E-state index is 14.4. The van der Waals surface area contributed by atoms with E-state index in [0.717, 1.165) is 12.8 Å². The summed E-state index contributed by atoms with van der Waals surface area (Å²) in [7, 11) is -1.16. The number of rotatable bonds is 13. The Morgan fingerprint density at radius 2 is 1.70 bits per heavy atom. The van der Waals surface area contributed by atoms with Gasteiger partial charge in [-0.2, -0.15) is 0 Å². The number of hydrogen-bond donors (Lipinski definition) is 4. The fraction of sp³-hybridized carbons (Fsp3) is 0.537. The van der Waals surface area contributed by atoms with Gasteiger partial charge in [0.25, 0.3) is 5.91 Å². The summed E-state index contributed by atoms with van der Waals surface area (Å²) in [4.78, 5) is 69.9. The molecule has 1 spiro atoms. The maximum atomic E-state index is 14.4. The molecule has 0 aromatic heterocycles. The summed E-state index contributed by atoms with van der Waals surface area (Å²) in [5.41, 5.74) is 1.41. The third-order valence-corrected chi connectivity index (χ3v) is 15.9. The highest BCUT2D eigenvalue weighted by Crippen LogP contribution is 2.57. The summed E-state index contributed by atoms with van der Waals surface area (Å²) in [6, 6.07) is 7.18. The molecule has 5 rings (SSSR count). The van der Waals surface area contributed by atoms with Crippen LogP contribution in [0.5, 0.6) is 11.5 Å². The van der Waals surface area contributed by atoms with Crippen molar-refractivity contribution >= 4 is 49.6 Å². The molecule has 5 amide bonds. The van der Waals surface area contributed by atoms with E-state index in [1.54, 1.807) is 38.1 Å². The van der Waals surface area contributed by atoms with Crippen molar-refractivity contribution in [3.63, 3.8) is 0 Å². The number of methoxy groups -OCH3 is 1. The Balaban J connectivity index is 1.32. The van der Waals surface area contributed by atoms with E-state index < -0.39 is 56.7 Å². The number of ether oxygens (including phenoxy) is 3. The molecule has 0 radical (unpaired) electrons. The highest BCUT2D eigenvalue weighted by molar-refractivity contribution is 6.74. The van der Waals surface area contributed by atoms with Crippen molar-refractivity contribution in [2.45, 2.75) is 110 Å². The van der Waals surface area contributed by atoms with E-state index in [1.165, 1.54) is 37.1 Å². The number of amides is 5. The van der Waals surface area contributed by atoms with Gasteiger partial charge in [0.1, 0.15) is 25.3 Å². The Labute approximate surface area is 335 Å². The lowest BCUT2D eigenvalue weighted by molar-refractivity contribution is -0.128. The van der Waals surface area contributed by atoms with Crippen LogP contribution in [0.1, 0.15) is 76.7 Å². The zero-order valence-electron chi connectivity index (χ0n) is 34.4. The van der Waals surface area contributed by atoms with Crippen LogP contribution in [0, 0.1) is 11.3 Å². The fourth-order valence-corrected chi connectivity index (χ4v) is 8.06. The number of phenols is 1. The number of carbonyl (C=O) groups excluding carboxylic acids is 5. The standard InChI is InChI=1S/C41H57N5O10Si/c1-11-18-54-38(51)44-33(24(2)3)35(49)42-25(4)34(48)43-27-14-12-26(13-15-27)22-55-39(52)46-29-20-31(47)32(53-8)19-28(29)36(50)45-23-41(16-17-41)21-30(45)37(46)56-57(9,10)40(5,6)7/h11-15,19-20,24-25,30,33,37,47H,1,16-18,21-23H2,2-10H3,(H,42,49)(H,43,48)(H,44,51)/t25-,30-,33+,37?/m0/s1. The van der Waals surface area contributed by atoms with E-state index in [2.05, 4.69) is 56.4 Å². The van der Waals surface area contributed by atoms with Gasteiger partial charge in [0, 0.05) is 18.3 Å². The average molecular weight is 808 g/mol. The molecule has 1 saturated carbocycles. The number of aromatic hydroxyl groups is 1. The molecule has 2 aliphatic heterocycles. The quantitative estimate of drug-likeness (QED) is 0.133. The Morgan fingerprint density at radius 1 is 1.04 bits per heavy atom. The molecule has 310 valence electrons. The molecule has 1 unspecified atom stereocenters. The molecule has 0 bridgehead atoms. The molecular weight excluding hydrogens is 751 g/mol. The van der Waals surface area contributed by atoms with Gasteiger partial charge in [0.2, 0.25) is 11.8 Å². The minimum absolute atomic E-state index is 0.0124. The van der Waals surface area contributed by atoms with E-state index in [-0.39, 0.29) is 58.2 Å². The first kappa shape index (κ1) is 43.0. The van der Waals surface area contributed by atoms with E-state index in [9.17, 15) is 29.1 Å². The summed E-state index contributed by atoms with van der Waals surface area (Å²) in [6.45, 7) is 19.4. The lowest BCUT2D eigenvalue weighted by Gasteiger charge is -2.44. The van der Waals surface area contributed by atoms with Gasteiger partial charge in [0.15, 0.2) is 26.0 Å². The molecule has 1 aliphatic carbocycles. The predicted molar refractivity (Wildman–Crippen MR) is 216 cm³/mol.